The van der Waals surface area contributed by atoms with Crippen LogP contribution in [0.5, 0.6) is 0 Å². The molecule has 0 saturated heterocycles. The number of rotatable bonds is 4. The molecule has 0 aliphatic carbocycles. The quantitative estimate of drug-likeness (QED) is 0.881. The SMILES string of the molecule is C[C@H](Sc1ccc(Cl)cc1)C(=O)Nc1ccn(C)n1. The van der Waals surface area contributed by atoms with Crippen molar-refractivity contribution in [2.24, 2.45) is 7.05 Å². The van der Waals surface area contributed by atoms with Crippen molar-refractivity contribution in [1.82, 2.24) is 9.78 Å². The van der Waals surface area contributed by atoms with Gasteiger partial charge < -0.3 is 5.32 Å². The summed E-state index contributed by atoms with van der Waals surface area (Å²) < 4.78 is 1.65. The Labute approximate surface area is 121 Å². The molecule has 0 saturated carbocycles. The number of amides is 1. The van der Waals surface area contributed by atoms with E-state index in [1.54, 1.807) is 16.9 Å². The Morgan fingerprint density at radius 1 is 1.37 bits per heavy atom. The van der Waals surface area contributed by atoms with E-state index in [2.05, 4.69) is 10.4 Å². The van der Waals surface area contributed by atoms with E-state index in [0.29, 0.717) is 10.8 Å². The molecule has 2 rings (SSSR count). The van der Waals surface area contributed by atoms with E-state index >= 15 is 0 Å². The highest BCUT2D eigenvalue weighted by Crippen LogP contribution is 2.25. The smallest absolute Gasteiger partial charge is 0.238 e. The van der Waals surface area contributed by atoms with Crippen molar-refractivity contribution in [3.8, 4) is 0 Å². The number of thioether (sulfide) groups is 1. The second-order valence-corrected chi connectivity index (χ2v) is 5.93. The molecule has 0 spiro atoms. The number of nitrogens with one attached hydrogen (secondary N) is 1. The third kappa shape index (κ3) is 4.01. The van der Waals surface area contributed by atoms with Crippen molar-refractivity contribution < 1.29 is 4.79 Å². The fourth-order valence-electron chi connectivity index (χ4n) is 1.48. The van der Waals surface area contributed by atoms with Gasteiger partial charge in [0.2, 0.25) is 5.91 Å². The molecule has 4 nitrogen and oxygen atoms in total. The zero-order chi connectivity index (χ0) is 13.8. The monoisotopic (exact) mass is 295 g/mol. The predicted octanol–water partition coefficient (Wildman–Crippen LogP) is 3.19. The second kappa shape index (κ2) is 6.12. The van der Waals surface area contributed by atoms with Gasteiger partial charge >= 0.3 is 0 Å². The Morgan fingerprint density at radius 3 is 2.63 bits per heavy atom. The number of carbonyl (C=O) groups excluding carboxylic acids is 1. The summed E-state index contributed by atoms with van der Waals surface area (Å²) in [5, 5.41) is 7.37. The molecule has 0 aliphatic rings. The molecule has 2 aromatic rings. The van der Waals surface area contributed by atoms with Crippen LogP contribution in [-0.4, -0.2) is 20.9 Å². The number of halogens is 1. The molecule has 1 heterocycles. The molecule has 0 fully saturated rings. The van der Waals surface area contributed by atoms with E-state index in [0.717, 1.165) is 4.90 Å². The average Bonchev–Trinajstić information content (AvgIpc) is 2.77. The lowest BCUT2D eigenvalue weighted by molar-refractivity contribution is -0.115. The fourth-order valence-corrected chi connectivity index (χ4v) is 2.47. The van der Waals surface area contributed by atoms with Gasteiger partial charge in [0.25, 0.3) is 0 Å². The summed E-state index contributed by atoms with van der Waals surface area (Å²) in [5.41, 5.74) is 0. The molecule has 1 aromatic carbocycles. The van der Waals surface area contributed by atoms with Crippen LogP contribution in [0.2, 0.25) is 5.02 Å². The van der Waals surface area contributed by atoms with Crippen LogP contribution in [0.1, 0.15) is 6.92 Å². The molecule has 1 N–H and O–H groups in total. The standard InChI is InChI=1S/C13H14ClN3OS/c1-9(19-11-5-3-10(14)4-6-11)13(18)15-12-7-8-17(2)16-12/h3-9H,1-2H3,(H,15,16,18)/t9-/m0/s1. The second-order valence-electron chi connectivity index (χ2n) is 4.08. The molecule has 1 atom stereocenters. The molecular formula is C13H14ClN3OS. The van der Waals surface area contributed by atoms with Crippen molar-refractivity contribution in [2.75, 3.05) is 5.32 Å². The number of benzene rings is 1. The molecular weight excluding hydrogens is 282 g/mol. The lowest BCUT2D eigenvalue weighted by Crippen LogP contribution is -2.22. The zero-order valence-electron chi connectivity index (χ0n) is 10.6. The van der Waals surface area contributed by atoms with Gasteiger partial charge in [-0.2, -0.15) is 5.10 Å². The molecule has 0 bridgehead atoms. The first-order valence-corrected chi connectivity index (χ1v) is 7.03. The number of hydrogen-bond donors (Lipinski definition) is 1. The highest BCUT2D eigenvalue weighted by atomic mass is 35.5. The minimum atomic E-state index is -0.205. The molecule has 19 heavy (non-hydrogen) atoms. The first-order chi connectivity index (χ1) is 9.04. The summed E-state index contributed by atoms with van der Waals surface area (Å²) in [4.78, 5) is 13.0. The minimum Gasteiger partial charge on any atom is -0.308 e. The van der Waals surface area contributed by atoms with Crippen LogP contribution < -0.4 is 5.32 Å². The lowest BCUT2D eigenvalue weighted by Gasteiger charge is -2.10. The van der Waals surface area contributed by atoms with Gasteiger partial charge in [-0.25, -0.2) is 0 Å². The number of anilines is 1. The molecule has 1 amide bonds. The molecule has 1 aromatic heterocycles. The van der Waals surface area contributed by atoms with Gasteiger partial charge in [-0.15, -0.1) is 11.8 Å². The van der Waals surface area contributed by atoms with E-state index in [9.17, 15) is 4.79 Å². The lowest BCUT2D eigenvalue weighted by atomic mass is 10.4. The van der Waals surface area contributed by atoms with Gasteiger partial charge in [0, 0.05) is 29.2 Å². The van der Waals surface area contributed by atoms with Crippen LogP contribution in [0.3, 0.4) is 0 Å². The molecule has 0 unspecified atom stereocenters. The Kier molecular flexibility index (Phi) is 4.50. The van der Waals surface area contributed by atoms with E-state index in [1.807, 2.05) is 38.2 Å². The minimum absolute atomic E-state index is 0.0707. The summed E-state index contributed by atoms with van der Waals surface area (Å²) in [6, 6.07) is 9.19. The number of carbonyl (C=O) groups is 1. The number of aromatic nitrogens is 2. The van der Waals surface area contributed by atoms with Crippen LogP contribution in [0.4, 0.5) is 5.82 Å². The topological polar surface area (TPSA) is 46.9 Å². The Bertz CT molecular complexity index is 568. The van der Waals surface area contributed by atoms with E-state index in [1.165, 1.54) is 11.8 Å². The van der Waals surface area contributed by atoms with Gasteiger partial charge in [-0.1, -0.05) is 11.6 Å². The maximum Gasteiger partial charge on any atom is 0.238 e. The largest absolute Gasteiger partial charge is 0.308 e. The van der Waals surface area contributed by atoms with Crippen LogP contribution in [0.15, 0.2) is 41.4 Å². The highest BCUT2D eigenvalue weighted by molar-refractivity contribution is 8.00. The maximum absolute atomic E-state index is 12.0. The summed E-state index contributed by atoms with van der Waals surface area (Å²) in [7, 11) is 1.81. The van der Waals surface area contributed by atoms with Crippen LogP contribution >= 0.6 is 23.4 Å². The Hall–Kier alpha value is -1.46. The van der Waals surface area contributed by atoms with Crippen molar-refractivity contribution in [1.29, 1.82) is 0 Å². The Morgan fingerprint density at radius 2 is 2.05 bits per heavy atom. The van der Waals surface area contributed by atoms with Crippen molar-refractivity contribution in [2.45, 2.75) is 17.1 Å². The summed E-state index contributed by atoms with van der Waals surface area (Å²) in [6.07, 6.45) is 1.78. The zero-order valence-corrected chi connectivity index (χ0v) is 12.2. The average molecular weight is 296 g/mol. The number of nitrogens with zero attached hydrogens (tertiary/aromatic N) is 2. The van der Waals surface area contributed by atoms with Gasteiger partial charge in [0.1, 0.15) is 0 Å². The first-order valence-electron chi connectivity index (χ1n) is 5.77. The predicted molar refractivity (Wildman–Crippen MR) is 78.6 cm³/mol. The number of hydrogen-bond acceptors (Lipinski definition) is 3. The van der Waals surface area contributed by atoms with Gasteiger partial charge in [0.05, 0.1) is 5.25 Å². The third-order valence-corrected chi connectivity index (χ3v) is 3.82. The summed E-state index contributed by atoms with van der Waals surface area (Å²) >= 11 is 7.30. The van der Waals surface area contributed by atoms with E-state index in [-0.39, 0.29) is 11.2 Å². The molecule has 0 aliphatic heterocycles. The highest BCUT2D eigenvalue weighted by Gasteiger charge is 2.15. The Balaban J connectivity index is 1.94. The molecule has 100 valence electrons. The molecule has 6 heteroatoms. The maximum atomic E-state index is 12.0. The van der Waals surface area contributed by atoms with Crippen molar-refractivity contribution in [3.05, 3.63) is 41.6 Å². The van der Waals surface area contributed by atoms with Crippen LogP contribution in [-0.2, 0) is 11.8 Å². The first kappa shape index (κ1) is 14.0. The number of aryl methyl sites for hydroxylation is 1. The van der Waals surface area contributed by atoms with E-state index < -0.39 is 0 Å². The van der Waals surface area contributed by atoms with Crippen molar-refractivity contribution >= 4 is 35.1 Å². The van der Waals surface area contributed by atoms with Crippen LogP contribution in [0.25, 0.3) is 0 Å². The fraction of sp³-hybridized carbons (Fsp3) is 0.231. The van der Waals surface area contributed by atoms with Gasteiger partial charge in [-0.3, -0.25) is 9.48 Å². The normalized spacial score (nSPS) is 12.2. The summed E-state index contributed by atoms with van der Waals surface area (Å²) in [5.74, 6) is 0.495. The van der Waals surface area contributed by atoms with Gasteiger partial charge in [-0.05, 0) is 31.2 Å². The van der Waals surface area contributed by atoms with E-state index in [4.69, 9.17) is 11.6 Å². The van der Waals surface area contributed by atoms with Gasteiger partial charge in [0.15, 0.2) is 5.82 Å². The van der Waals surface area contributed by atoms with Crippen molar-refractivity contribution in [3.63, 3.8) is 0 Å². The van der Waals surface area contributed by atoms with Crippen LogP contribution in [0, 0.1) is 0 Å². The summed E-state index contributed by atoms with van der Waals surface area (Å²) in [6.45, 7) is 1.86. The third-order valence-electron chi connectivity index (χ3n) is 2.46. The molecule has 0 radical (unpaired) electrons.